The molecule has 1 aromatic rings. The summed E-state index contributed by atoms with van der Waals surface area (Å²) in [5, 5.41) is 5.98. The molecule has 0 saturated carbocycles. The Morgan fingerprint density at radius 1 is 1.55 bits per heavy atom. The lowest BCUT2D eigenvalue weighted by atomic mass is 10.2. The van der Waals surface area contributed by atoms with Gasteiger partial charge in [0.25, 0.3) is 0 Å². The van der Waals surface area contributed by atoms with Crippen molar-refractivity contribution in [2.45, 2.75) is 13.3 Å². The quantitative estimate of drug-likeness (QED) is 0.908. The molecule has 0 saturated heterocycles. The summed E-state index contributed by atoms with van der Waals surface area (Å²) in [6, 6.07) is 5.89. The van der Waals surface area contributed by atoms with Gasteiger partial charge in [0, 0.05) is 16.7 Å². The zero-order valence-corrected chi connectivity index (χ0v) is 13.4. The maximum Gasteiger partial charge on any atom is 0.230 e. The van der Waals surface area contributed by atoms with Gasteiger partial charge in [-0.1, -0.05) is 17.8 Å². The zero-order chi connectivity index (χ0) is 14.1. The average Bonchev–Trinajstić information content (AvgIpc) is 2.98. The van der Waals surface area contributed by atoms with Crippen LogP contribution in [0.2, 0.25) is 0 Å². The standard InChI is InChI=1S/C14H14BrN3OS/c1-9-2-3-12(11(15)6-9)17-13(19)7-10-8-20-14-16-4-5-18(10)14/h2-3,6,8H,4-5,7H2,1H3,(H,17,19). The summed E-state index contributed by atoms with van der Waals surface area (Å²) in [4.78, 5) is 18.6. The highest BCUT2D eigenvalue weighted by Gasteiger charge is 2.27. The number of rotatable bonds is 3. The highest BCUT2D eigenvalue weighted by molar-refractivity contribution is 9.10. The lowest BCUT2D eigenvalue weighted by molar-refractivity contribution is -0.115. The summed E-state index contributed by atoms with van der Waals surface area (Å²) in [6.45, 7) is 3.73. The van der Waals surface area contributed by atoms with Gasteiger partial charge in [0.2, 0.25) is 5.91 Å². The van der Waals surface area contributed by atoms with Crippen molar-refractivity contribution in [1.82, 2.24) is 4.90 Å². The largest absolute Gasteiger partial charge is 0.325 e. The summed E-state index contributed by atoms with van der Waals surface area (Å²) in [7, 11) is 0. The van der Waals surface area contributed by atoms with E-state index in [-0.39, 0.29) is 5.91 Å². The second-order valence-electron chi connectivity index (χ2n) is 4.75. The number of carbonyl (C=O) groups excluding carboxylic acids is 1. The predicted octanol–water partition coefficient (Wildman–Crippen LogP) is 3.35. The van der Waals surface area contributed by atoms with Gasteiger partial charge in [0.15, 0.2) is 5.17 Å². The van der Waals surface area contributed by atoms with Crippen molar-refractivity contribution in [3.05, 3.63) is 39.3 Å². The third kappa shape index (κ3) is 2.76. The molecule has 1 N–H and O–H groups in total. The van der Waals surface area contributed by atoms with Gasteiger partial charge in [-0.25, -0.2) is 0 Å². The number of halogens is 1. The monoisotopic (exact) mass is 351 g/mol. The normalized spacial score (nSPS) is 16.8. The molecule has 20 heavy (non-hydrogen) atoms. The third-order valence-corrected chi connectivity index (χ3v) is 4.80. The fourth-order valence-corrected chi connectivity index (χ4v) is 3.74. The molecule has 4 nitrogen and oxygen atoms in total. The van der Waals surface area contributed by atoms with Crippen molar-refractivity contribution < 1.29 is 4.79 Å². The van der Waals surface area contributed by atoms with Crippen LogP contribution in [0.5, 0.6) is 0 Å². The van der Waals surface area contributed by atoms with E-state index in [2.05, 4.69) is 31.1 Å². The Labute approximate surface area is 130 Å². The van der Waals surface area contributed by atoms with E-state index in [0.717, 1.165) is 39.7 Å². The molecule has 6 heteroatoms. The van der Waals surface area contributed by atoms with Crippen LogP contribution in [0.3, 0.4) is 0 Å². The summed E-state index contributed by atoms with van der Waals surface area (Å²) in [5.74, 6) is -0.00504. The number of thioether (sulfide) groups is 1. The fraction of sp³-hybridized carbons (Fsp3) is 0.286. The number of nitrogens with zero attached hydrogens (tertiary/aromatic N) is 2. The highest BCUT2D eigenvalue weighted by Crippen LogP contribution is 2.31. The van der Waals surface area contributed by atoms with Crippen LogP contribution in [0.1, 0.15) is 12.0 Å². The third-order valence-electron chi connectivity index (χ3n) is 3.19. The van der Waals surface area contributed by atoms with E-state index in [1.807, 2.05) is 30.5 Å². The number of amidine groups is 1. The number of anilines is 1. The van der Waals surface area contributed by atoms with Crippen LogP contribution in [0.15, 0.2) is 38.8 Å². The molecular weight excluding hydrogens is 338 g/mol. The first-order chi connectivity index (χ1) is 9.63. The smallest absolute Gasteiger partial charge is 0.230 e. The van der Waals surface area contributed by atoms with E-state index < -0.39 is 0 Å². The van der Waals surface area contributed by atoms with Crippen LogP contribution >= 0.6 is 27.7 Å². The van der Waals surface area contributed by atoms with Crippen molar-refractivity contribution in [2.75, 3.05) is 18.4 Å². The van der Waals surface area contributed by atoms with Crippen LogP contribution in [0, 0.1) is 6.92 Å². The van der Waals surface area contributed by atoms with Gasteiger partial charge in [-0.05, 0) is 46.0 Å². The minimum atomic E-state index is -0.00504. The Morgan fingerprint density at radius 3 is 3.20 bits per heavy atom. The summed E-state index contributed by atoms with van der Waals surface area (Å²) in [5.41, 5.74) is 3.00. The second kappa shape index (κ2) is 5.61. The second-order valence-corrected chi connectivity index (χ2v) is 6.44. The van der Waals surface area contributed by atoms with Gasteiger partial charge >= 0.3 is 0 Å². The van der Waals surface area contributed by atoms with Crippen LogP contribution in [0.25, 0.3) is 0 Å². The Morgan fingerprint density at radius 2 is 2.40 bits per heavy atom. The zero-order valence-electron chi connectivity index (χ0n) is 11.0. The molecule has 2 aliphatic heterocycles. The Kier molecular flexibility index (Phi) is 3.85. The van der Waals surface area contributed by atoms with Crippen LogP contribution in [-0.4, -0.2) is 29.1 Å². The van der Waals surface area contributed by atoms with E-state index in [9.17, 15) is 4.79 Å². The Balaban J connectivity index is 1.64. The predicted molar refractivity (Wildman–Crippen MR) is 86.8 cm³/mol. The molecule has 104 valence electrons. The maximum atomic E-state index is 12.1. The minimum absolute atomic E-state index is 0.00504. The minimum Gasteiger partial charge on any atom is -0.325 e. The van der Waals surface area contributed by atoms with Crippen molar-refractivity contribution in [2.24, 2.45) is 4.99 Å². The summed E-state index contributed by atoms with van der Waals surface area (Å²) < 4.78 is 0.907. The molecule has 0 fully saturated rings. The van der Waals surface area contributed by atoms with E-state index >= 15 is 0 Å². The molecule has 0 unspecified atom stereocenters. The number of benzene rings is 1. The lowest BCUT2D eigenvalue weighted by Crippen LogP contribution is -2.24. The molecule has 0 radical (unpaired) electrons. The lowest BCUT2D eigenvalue weighted by Gasteiger charge is -2.16. The summed E-state index contributed by atoms with van der Waals surface area (Å²) in [6.07, 6.45) is 0.381. The molecule has 0 atom stereocenters. The molecule has 0 aromatic heterocycles. The first kappa shape index (κ1) is 13.7. The highest BCUT2D eigenvalue weighted by atomic mass is 79.9. The first-order valence-electron chi connectivity index (χ1n) is 6.37. The number of nitrogens with one attached hydrogen (secondary N) is 1. The molecule has 0 spiro atoms. The molecule has 3 rings (SSSR count). The molecule has 1 aromatic carbocycles. The number of fused-ring (bicyclic) bond motifs is 1. The maximum absolute atomic E-state index is 12.1. The number of aryl methyl sites for hydroxylation is 1. The summed E-state index contributed by atoms with van der Waals surface area (Å²) >= 11 is 5.07. The van der Waals surface area contributed by atoms with Gasteiger partial charge < -0.3 is 10.2 Å². The van der Waals surface area contributed by atoms with Crippen LogP contribution < -0.4 is 5.32 Å². The van der Waals surface area contributed by atoms with Gasteiger partial charge in [0.1, 0.15) is 0 Å². The van der Waals surface area contributed by atoms with Crippen molar-refractivity contribution >= 4 is 44.5 Å². The molecule has 0 aliphatic carbocycles. The molecular formula is C14H14BrN3OS. The van der Waals surface area contributed by atoms with Gasteiger partial charge in [0.05, 0.1) is 18.7 Å². The van der Waals surface area contributed by atoms with Crippen LogP contribution in [-0.2, 0) is 4.79 Å². The molecule has 0 bridgehead atoms. The number of aliphatic imine (C=N–C) groups is 1. The van der Waals surface area contributed by atoms with E-state index in [4.69, 9.17) is 0 Å². The number of hydrogen-bond donors (Lipinski definition) is 1. The SMILES string of the molecule is Cc1ccc(NC(=O)CC2=CSC3=NCCN23)c(Br)c1. The fourth-order valence-electron chi connectivity index (χ4n) is 2.20. The molecule has 1 amide bonds. The van der Waals surface area contributed by atoms with Crippen molar-refractivity contribution in [1.29, 1.82) is 0 Å². The topological polar surface area (TPSA) is 44.7 Å². The van der Waals surface area contributed by atoms with Gasteiger partial charge in [-0.15, -0.1) is 0 Å². The van der Waals surface area contributed by atoms with Crippen molar-refractivity contribution in [3.8, 4) is 0 Å². The Hall–Kier alpha value is -1.27. The van der Waals surface area contributed by atoms with Gasteiger partial charge in [-0.3, -0.25) is 9.79 Å². The van der Waals surface area contributed by atoms with Gasteiger partial charge in [-0.2, -0.15) is 0 Å². The van der Waals surface area contributed by atoms with E-state index in [1.54, 1.807) is 11.8 Å². The Bertz CT molecular complexity index is 627. The molecule has 2 heterocycles. The number of carbonyl (C=O) groups is 1. The average molecular weight is 352 g/mol. The first-order valence-corrected chi connectivity index (χ1v) is 8.04. The number of amides is 1. The van der Waals surface area contributed by atoms with Crippen LogP contribution in [0.4, 0.5) is 5.69 Å². The van der Waals surface area contributed by atoms with E-state index in [0.29, 0.717) is 6.42 Å². The number of hydrogen-bond acceptors (Lipinski definition) is 4. The molecule has 2 aliphatic rings. The van der Waals surface area contributed by atoms with E-state index in [1.165, 1.54) is 0 Å². The van der Waals surface area contributed by atoms with Crippen molar-refractivity contribution in [3.63, 3.8) is 0 Å².